The van der Waals surface area contributed by atoms with Crippen LogP contribution in [0.5, 0.6) is 5.75 Å². The Morgan fingerprint density at radius 2 is 2.22 bits per heavy atom. The molecule has 2 unspecified atom stereocenters. The Labute approximate surface area is 214 Å². The zero-order valence-electron chi connectivity index (χ0n) is 20.5. The number of alkyl carbamates (subject to hydrolysis) is 1. The van der Waals surface area contributed by atoms with E-state index in [9.17, 15) is 14.9 Å². The molecule has 0 saturated carbocycles. The van der Waals surface area contributed by atoms with Gasteiger partial charge in [-0.1, -0.05) is 19.1 Å². The summed E-state index contributed by atoms with van der Waals surface area (Å²) in [5.74, 6) is 0.589. The van der Waals surface area contributed by atoms with Crippen LogP contribution in [-0.2, 0) is 36.0 Å². The maximum absolute atomic E-state index is 12.8. The van der Waals surface area contributed by atoms with Crippen molar-refractivity contribution in [3.8, 4) is 11.8 Å². The van der Waals surface area contributed by atoms with Crippen LogP contribution in [0, 0.1) is 11.3 Å². The molecule has 0 fully saturated rings. The van der Waals surface area contributed by atoms with Gasteiger partial charge in [0.2, 0.25) is 5.91 Å². The largest absolute Gasteiger partial charge is 0.497 e. The topological polar surface area (TPSA) is 118 Å². The van der Waals surface area contributed by atoms with Crippen LogP contribution >= 0.6 is 11.3 Å². The minimum absolute atomic E-state index is 0.0109. The third kappa shape index (κ3) is 6.04. The standard InChI is InChI=1S/C26H29N5O4S/c1-16(18-5-4-6-19(10-18)34-3)9-24(32)30-25-22(12-27)21-8-7-20(11-23(21)36-25)35-26(33)28-13-17-14-29-31(2)15-17/h4-6,10,14-16,20H,7-9,11,13H2,1-3H3,(H,28,33)(H,30,32). The summed E-state index contributed by atoms with van der Waals surface area (Å²) in [6.45, 7) is 2.33. The number of aryl methyl sites for hydroxylation is 1. The molecular formula is C26H29N5O4S. The molecule has 10 heteroatoms. The van der Waals surface area contributed by atoms with E-state index in [-0.39, 0.29) is 24.3 Å². The number of aromatic nitrogens is 2. The number of fused-ring (bicyclic) bond motifs is 1. The minimum atomic E-state index is -0.482. The first-order valence-corrected chi connectivity index (χ1v) is 12.6. The average Bonchev–Trinajstić information content (AvgIpc) is 3.44. The molecule has 1 aliphatic carbocycles. The minimum Gasteiger partial charge on any atom is -0.497 e. The van der Waals surface area contributed by atoms with E-state index in [0.29, 0.717) is 36.4 Å². The van der Waals surface area contributed by atoms with Crippen LogP contribution in [0.25, 0.3) is 0 Å². The SMILES string of the molecule is COc1cccc(C(C)CC(=O)Nc2sc3c(c2C#N)CCC(OC(=O)NCc2cnn(C)c2)C3)c1. The fourth-order valence-corrected chi connectivity index (χ4v) is 5.59. The van der Waals surface area contributed by atoms with Crippen LogP contribution in [0.15, 0.2) is 36.7 Å². The molecule has 0 bridgehead atoms. The number of carbonyl (C=O) groups is 2. The lowest BCUT2D eigenvalue weighted by Gasteiger charge is -2.22. The van der Waals surface area contributed by atoms with E-state index in [1.807, 2.05) is 44.4 Å². The highest BCUT2D eigenvalue weighted by atomic mass is 32.1. The van der Waals surface area contributed by atoms with Gasteiger partial charge in [-0.25, -0.2) is 4.79 Å². The average molecular weight is 508 g/mol. The number of nitrogens with one attached hydrogen (secondary N) is 2. The number of rotatable bonds is 8. The predicted molar refractivity (Wildman–Crippen MR) is 136 cm³/mol. The van der Waals surface area contributed by atoms with Crippen molar-refractivity contribution < 1.29 is 19.1 Å². The molecule has 1 aliphatic rings. The molecular weight excluding hydrogens is 478 g/mol. The molecule has 2 heterocycles. The molecule has 0 aliphatic heterocycles. The van der Waals surface area contributed by atoms with E-state index in [2.05, 4.69) is 21.8 Å². The van der Waals surface area contributed by atoms with Gasteiger partial charge in [0.05, 0.1) is 18.9 Å². The first-order valence-electron chi connectivity index (χ1n) is 11.8. The van der Waals surface area contributed by atoms with Gasteiger partial charge in [0.1, 0.15) is 22.9 Å². The van der Waals surface area contributed by atoms with Gasteiger partial charge in [-0.15, -0.1) is 11.3 Å². The van der Waals surface area contributed by atoms with Gasteiger partial charge in [0, 0.05) is 43.1 Å². The summed E-state index contributed by atoms with van der Waals surface area (Å²) in [7, 11) is 3.43. The number of nitriles is 1. The number of benzene rings is 1. The predicted octanol–water partition coefficient (Wildman–Crippen LogP) is 4.28. The lowest BCUT2D eigenvalue weighted by Crippen LogP contribution is -2.31. The molecule has 2 amide bonds. The summed E-state index contributed by atoms with van der Waals surface area (Å²) in [5.41, 5.74) is 3.35. The van der Waals surface area contributed by atoms with E-state index in [1.165, 1.54) is 11.3 Å². The van der Waals surface area contributed by atoms with Gasteiger partial charge in [-0.3, -0.25) is 9.48 Å². The molecule has 3 aromatic rings. The molecule has 2 N–H and O–H groups in total. The Kier molecular flexibility index (Phi) is 7.90. The second-order valence-corrected chi connectivity index (χ2v) is 10.0. The molecule has 0 saturated heterocycles. The van der Waals surface area contributed by atoms with Crippen LogP contribution in [0.3, 0.4) is 0 Å². The number of hydrogen-bond donors (Lipinski definition) is 2. The number of amides is 2. The summed E-state index contributed by atoms with van der Waals surface area (Å²) < 4.78 is 12.6. The highest BCUT2D eigenvalue weighted by Crippen LogP contribution is 2.38. The number of hydrogen-bond acceptors (Lipinski definition) is 7. The lowest BCUT2D eigenvalue weighted by atomic mass is 9.93. The number of thiophene rings is 1. The molecule has 1 aromatic carbocycles. The van der Waals surface area contributed by atoms with Gasteiger partial charge >= 0.3 is 6.09 Å². The van der Waals surface area contributed by atoms with Gasteiger partial charge < -0.3 is 20.1 Å². The van der Waals surface area contributed by atoms with Crippen molar-refractivity contribution in [3.63, 3.8) is 0 Å². The van der Waals surface area contributed by atoms with Crippen molar-refractivity contribution in [2.75, 3.05) is 12.4 Å². The van der Waals surface area contributed by atoms with Gasteiger partial charge in [-0.2, -0.15) is 10.4 Å². The van der Waals surface area contributed by atoms with Gasteiger partial charge in [0.15, 0.2) is 0 Å². The number of carbonyl (C=O) groups excluding carboxylic acids is 2. The highest BCUT2D eigenvalue weighted by Gasteiger charge is 2.28. The van der Waals surface area contributed by atoms with Crippen LogP contribution in [-0.4, -0.2) is 35.0 Å². The summed E-state index contributed by atoms with van der Waals surface area (Å²) >= 11 is 1.39. The number of nitrogens with zero attached hydrogens (tertiary/aromatic N) is 3. The summed E-state index contributed by atoms with van der Waals surface area (Å²) in [5, 5.41) is 20.1. The zero-order chi connectivity index (χ0) is 25.7. The van der Waals surface area contributed by atoms with Crippen molar-refractivity contribution in [1.29, 1.82) is 5.26 Å². The summed E-state index contributed by atoms with van der Waals surface area (Å²) in [6.07, 6.45) is 4.79. The molecule has 4 rings (SSSR count). The second-order valence-electron chi connectivity index (χ2n) is 8.90. The van der Waals surface area contributed by atoms with Crippen LogP contribution in [0.4, 0.5) is 9.80 Å². The van der Waals surface area contributed by atoms with Gasteiger partial charge in [0.25, 0.3) is 0 Å². The van der Waals surface area contributed by atoms with Crippen molar-refractivity contribution in [2.45, 2.75) is 51.2 Å². The monoisotopic (exact) mass is 507 g/mol. The molecule has 36 heavy (non-hydrogen) atoms. The van der Waals surface area contributed by atoms with Gasteiger partial charge in [-0.05, 0) is 42.0 Å². The highest BCUT2D eigenvalue weighted by molar-refractivity contribution is 7.16. The van der Waals surface area contributed by atoms with E-state index >= 15 is 0 Å². The maximum Gasteiger partial charge on any atom is 0.407 e. The quantitative estimate of drug-likeness (QED) is 0.470. The Bertz CT molecular complexity index is 1290. The normalized spacial score (nSPS) is 15.3. The van der Waals surface area contributed by atoms with E-state index in [0.717, 1.165) is 27.3 Å². The van der Waals surface area contributed by atoms with E-state index < -0.39 is 6.09 Å². The summed E-state index contributed by atoms with van der Waals surface area (Å²) in [4.78, 5) is 26.0. The molecule has 2 aromatic heterocycles. The third-order valence-corrected chi connectivity index (χ3v) is 7.38. The molecule has 2 atom stereocenters. The van der Waals surface area contributed by atoms with Crippen LogP contribution in [0.2, 0.25) is 0 Å². The Hall–Kier alpha value is -3.84. The fraction of sp³-hybridized carbons (Fsp3) is 0.385. The Balaban J connectivity index is 1.35. The molecule has 188 valence electrons. The van der Waals surface area contributed by atoms with Crippen molar-refractivity contribution in [1.82, 2.24) is 15.1 Å². The van der Waals surface area contributed by atoms with E-state index in [4.69, 9.17) is 9.47 Å². The van der Waals surface area contributed by atoms with Crippen molar-refractivity contribution in [3.05, 3.63) is 63.8 Å². The van der Waals surface area contributed by atoms with E-state index in [1.54, 1.807) is 18.0 Å². The Morgan fingerprint density at radius 1 is 1.39 bits per heavy atom. The number of anilines is 1. The first-order chi connectivity index (χ1) is 17.4. The fourth-order valence-electron chi connectivity index (χ4n) is 4.31. The zero-order valence-corrected chi connectivity index (χ0v) is 21.4. The lowest BCUT2D eigenvalue weighted by molar-refractivity contribution is -0.116. The Morgan fingerprint density at radius 3 is 2.94 bits per heavy atom. The third-order valence-electron chi connectivity index (χ3n) is 6.21. The first kappa shape index (κ1) is 25.3. The maximum atomic E-state index is 12.8. The molecule has 0 radical (unpaired) electrons. The van der Waals surface area contributed by atoms with Crippen molar-refractivity contribution >= 4 is 28.3 Å². The van der Waals surface area contributed by atoms with Crippen LogP contribution in [0.1, 0.15) is 52.8 Å². The molecule has 0 spiro atoms. The number of methoxy groups -OCH3 is 1. The summed E-state index contributed by atoms with van der Waals surface area (Å²) in [6, 6.07) is 9.92. The molecule has 9 nitrogen and oxygen atoms in total. The van der Waals surface area contributed by atoms with Crippen LogP contribution < -0.4 is 15.4 Å². The number of ether oxygens (including phenoxy) is 2. The van der Waals surface area contributed by atoms with Crippen molar-refractivity contribution in [2.24, 2.45) is 7.05 Å². The smallest absolute Gasteiger partial charge is 0.407 e. The second kappa shape index (κ2) is 11.3.